The van der Waals surface area contributed by atoms with Crippen LogP contribution in [-0.2, 0) is 10.1 Å². The average Bonchev–Trinajstić information content (AvgIpc) is 2.74. The largest absolute Gasteiger partial charge is 0.253 e. The van der Waals surface area contributed by atoms with Crippen LogP contribution >= 0.6 is 15.0 Å². The summed E-state index contributed by atoms with van der Waals surface area (Å²) in [4.78, 5) is 0. The van der Waals surface area contributed by atoms with Gasteiger partial charge in [-0.3, -0.25) is 20.3 Å². The highest BCUT2D eigenvalue weighted by molar-refractivity contribution is 7.99. The Morgan fingerprint density at radius 3 is 1.38 bits per heavy atom. The van der Waals surface area contributed by atoms with Crippen LogP contribution in [0.15, 0.2) is 12.8 Å². The molecule has 0 bridgehead atoms. The molecule has 12 heteroatoms. The molecule has 0 aromatic carbocycles. The molecule has 0 saturated carbocycles. The minimum absolute atomic E-state index is 0.635. The molecule has 0 spiro atoms. The van der Waals surface area contributed by atoms with Crippen molar-refractivity contribution in [1.82, 2.24) is 25.1 Å². The monoisotopic (exact) mass is 512 g/mol. The van der Waals surface area contributed by atoms with Crippen molar-refractivity contribution >= 4 is 25.1 Å². The summed E-state index contributed by atoms with van der Waals surface area (Å²) in [6.07, 6.45) is 10.4. The lowest BCUT2D eigenvalue weighted by Gasteiger charge is -2.33. The molecule has 0 amide bonds. The number of nitrogens with zero attached hydrogens (tertiary/aromatic N) is 3. The van der Waals surface area contributed by atoms with Gasteiger partial charge in [0.1, 0.15) is 0 Å². The molecule has 0 fully saturated rings. The van der Waals surface area contributed by atoms with Crippen molar-refractivity contribution in [2.75, 3.05) is 32.7 Å². The number of rotatable bonds is 20. The summed E-state index contributed by atoms with van der Waals surface area (Å²) >= 11 is 0. The quantitative estimate of drug-likeness (QED) is 0.0993. The standard InChI is InChI=1S/C20H50N8OP2S/c1-6-11-16-21-30(22-17-12-7-2)26-31(23-18-13-8-3,24-19-14-9-4)28-32(29,27-30)25-20-15-10-5/h21-24H,6-20H2,1-5H3,(H,25,27,29). The summed E-state index contributed by atoms with van der Waals surface area (Å²) in [5, 5.41) is 14.4. The molecule has 5 N–H and O–H groups in total. The fourth-order valence-electron chi connectivity index (χ4n) is 3.00. The molecule has 0 aromatic heterocycles. The second-order valence-corrected chi connectivity index (χ2v) is 15.2. The highest BCUT2D eigenvalue weighted by Gasteiger charge is 2.33. The van der Waals surface area contributed by atoms with Crippen LogP contribution < -0.4 is 25.1 Å². The van der Waals surface area contributed by atoms with E-state index in [1.165, 1.54) is 0 Å². The lowest BCUT2D eigenvalue weighted by molar-refractivity contribution is 0.659. The normalized spacial score (nSPS) is 21.5. The summed E-state index contributed by atoms with van der Waals surface area (Å²) in [5.74, 6) is 0. The predicted molar refractivity (Wildman–Crippen MR) is 144 cm³/mol. The summed E-state index contributed by atoms with van der Waals surface area (Å²) in [6, 6.07) is 0. The molecule has 0 radical (unpaired) electrons. The topological polar surface area (TPSA) is 114 Å². The van der Waals surface area contributed by atoms with E-state index >= 15 is 0 Å². The maximum atomic E-state index is 14.0. The molecule has 0 saturated heterocycles. The third-order valence-electron chi connectivity index (χ3n) is 4.99. The van der Waals surface area contributed by atoms with Gasteiger partial charge in [-0.1, -0.05) is 66.7 Å². The minimum atomic E-state index is -2.97. The molecule has 1 rings (SSSR count). The Hall–Kier alpha value is 0.210. The van der Waals surface area contributed by atoms with Crippen LogP contribution in [0.3, 0.4) is 0 Å². The summed E-state index contributed by atoms with van der Waals surface area (Å²) in [7, 11) is -8.16. The molecule has 32 heavy (non-hydrogen) atoms. The van der Waals surface area contributed by atoms with E-state index in [0.717, 1.165) is 90.4 Å². The van der Waals surface area contributed by atoms with Gasteiger partial charge in [0.2, 0.25) is 25.1 Å². The first kappa shape index (κ1) is 30.2. The van der Waals surface area contributed by atoms with Gasteiger partial charge in [0.15, 0.2) is 0 Å². The van der Waals surface area contributed by atoms with E-state index < -0.39 is 25.1 Å². The third kappa shape index (κ3) is 11.1. The van der Waals surface area contributed by atoms with Gasteiger partial charge < -0.3 is 0 Å². The maximum absolute atomic E-state index is 14.0. The Labute approximate surface area is 198 Å². The highest BCUT2D eigenvalue weighted by atomic mass is 32.2. The van der Waals surface area contributed by atoms with E-state index in [1.54, 1.807) is 0 Å². The molecule has 0 aliphatic carbocycles. The zero-order chi connectivity index (χ0) is 23.8. The van der Waals surface area contributed by atoms with Crippen LogP contribution in [0.25, 0.3) is 0 Å². The fourth-order valence-corrected chi connectivity index (χ4v) is 13.2. The van der Waals surface area contributed by atoms with Gasteiger partial charge in [-0.25, -0.2) is 8.93 Å². The van der Waals surface area contributed by atoms with Crippen LogP contribution in [0.1, 0.15) is 98.8 Å². The number of nitrogens with one attached hydrogen (secondary N) is 5. The van der Waals surface area contributed by atoms with Gasteiger partial charge in [-0.15, -0.1) is 8.28 Å². The van der Waals surface area contributed by atoms with Crippen molar-refractivity contribution in [2.45, 2.75) is 98.8 Å². The molecule has 1 unspecified atom stereocenters. The van der Waals surface area contributed by atoms with Crippen molar-refractivity contribution < 1.29 is 4.21 Å². The van der Waals surface area contributed by atoms with Gasteiger partial charge in [-0.2, -0.15) is 4.52 Å². The van der Waals surface area contributed by atoms with E-state index in [4.69, 9.17) is 12.8 Å². The van der Waals surface area contributed by atoms with Crippen LogP contribution in [0.2, 0.25) is 0 Å². The zero-order valence-corrected chi connectivity index (χ0v) is 23.8. The summed E-state index contributed by atoms with van der Waals surface area (Å²) < 4.78 is 32.2. The molecule has 1 heterocycles. The average molecular weight is 513 g/mol. The van der Waals surface area contributed by atoms with Crippen molar-refractivity contribution in [2.24, 2.45) is 12.8 Å². The van der Waals surface area contributed by atoms with Gasteiger partial charge >= 0.3 is 0 Å². The zero-order valence-electron chi connectivity index (χ0n) is 21.2. The Morgan fingerprint density at radius 1 is 0.594 bits per heavy atom. The molecular formula is C20H50N8OP2S. The highest BCUT2D eigenvalue weighted by Crippen LogP contribution is 2.60. The van der Waals surface area contributed by atoms with E-state index in [9.17, 15) is 4.21 Å². The lowest BCUT2D eigenvalue weighted by atomic mass is 10.3. The first-order valence-corrected chi connectivity index (χ1v) is 17.6. The second-order valence-electron chi connectivity index (χ2n) is 8.25. The summed E-state index contributed by atoms with van der Waals surface area (Å²) in [5.41, 5.74) is 0. The van der Waals surface area contributed by atoms with Crippen molar-refractivity contribution in [3.8, 4) is 0 Å². The number of hydrogen-bond acceptors (Lipinski definition) is 7. The third-order valence-corrected chi connectivity index (χ3v) is 14.0. The number of unbranched alkanes of at least 4 members (excludes halogenated alkanes) is 5. The molecule has 9 nitrogen and oxygen atoms in total. The fraction of sp³-hybridized carbons (Fsp3) is 1.00. The van der Waals surface area contributed by atoms with Crippen LogP contribution in [0.5, 0.6) is 0 Å². The van der Waals surface area contributed by atoms with Crippen molar-refractivity contribution in [3.05, 3.63) is 0 Å². The molecule has 1 atom stereocenters. The number of hydrogen-bond donors (Lipinski definition) is 5. The van der Waals surface area contributed by atoms with Crippen LogP contribution in [0.4, 0.5) is 0 Å². The van der Waals surface area contributed by atoms with Crippen LogP contribution in [0, 0.1) is 0 Å². The SMILES string of the molecule is CCCCNP1(NCCCC)=NP(NCCCC)(NCCCC)=NS(=O)(NCCCC)=N1. The Morgan fingerprint density at radius 2 is 0.969 bits per heavy atom. The second kappa shape index (κ2) is 16.8. The van der Waals surface area contributed by atoms with Crippen molar-refractivity contribution in [3.63, 3.8) is 0 Å². The van der Waals surface area contributed by atoms with E-state index in [0.29, 0.717) is 6.54 Å². The van der Waals surface area contributed by atoms with Crippen LogP contribution in [-0.4, -0.2) is 36.9 Å². The molecule has 1 aliphatic rings. The summed E-state index contributed by atoms with van der Waals surface area (Å²) in [6.45, 7) is 14.6. The minimum Gasteiger partial charge on any atom is -0.253 e. The lowest BCUT2D eigenvalue weighted by Crippen LogP contribution is -2.33. The Bertz CT molecular complexity index is 686. The first-order chi connectivity index (χ1) is 15.4. The van der Waals surface area contributed by atoms with E-state index in [1.807, 2.05) is 0 Å². The predicted octanol–water partition coefficient (Wildman–Crippen LogP) is 6.14. The smallest absolute Gasteiger partial charge is 0.225 e. The first-order valence-electron chi connectivity index (χ1n) is 12.7. The maximum Gasteiger partial charge on any atom is 0.225 e. The molecule has 192 valence electrons. The molecule has 1 aliphatic heterocycles. The van der Waals surface area contributed by atoms with Crippen molar-refractivity contribution in [1.29, 1.82) is 0 Å². The van der Waals surface area contributed by atoms with Gasteiger partial charge in [0.25, 0.3) is 0 Å². The Balaban J connectivity index is 3.51. The van der Waals surface area contributed by atoms with Gasteiger partial charge in [0, 0.05) is 32.7 Å². The van der Waals surface area contributed by atoms with E-state index in [-0.39, 0.29) is 0 Å². The molecule has 0 aromatic rings. The Kier molecular flexibility index (Phi) is 15.9. The van der Waals surface area contributed by atoms with Gasteiger partial charge in [-0.05, 0) is 32.1 Å². The molecular weight excluding hydrogens is 462 g/mol. The van der Waals surface area contributed by atoms with Gasteiger partial charge in [0.05, 0.1) is 0 Å². The van der Waals surface area contributed by atoms with E-state index in [2.05, 4.69) is 59.7 Å².